The van der Waals surface area contributed by atoms with Crippen molar-refractivity contribution in [3.63, 3.8) is 0 Å². The number of carboxylic acid groups (broad SMARTS) is 1. The number of rotatable bonds is 5. The molecule has 0 spiro atoms. The molecule has 1 rings (SSSR count). The highest BCUT2D eigenvalue weighted by atomic mass is 16.4. The molecule has 3 N–H and O–H groups in total. The van der Waals surface area contributed by atoms with Gasteiger partial charge in [-0.25, -0.2) is 4.79 Å². The van der Waals surface area contributed by atoms with Crippen LogP contribution in [-0.4, -0.2) is 34.2 Å². The fraction of sp³-hybridized carbons (Fsp3) is 0.286. The minimum atomic E-state index is -1.33. The van der Waals surface area contributed by atoms with Crippen LogP contribution in [0.1, 0.15) is 29.3 Å². The molecule has 1 amide bonds. The molecule has 19 heavy (non-hydrogen) atoms. The lowest BCUT2D eigenvalue weighted by molar-refractivity contribution is -0.142. The Morgan fingerprint density at radius 3 is 2.37 bits per heavy atom. The number of carbonyl (C=O) groups is 2. The third-order valence-electron chi connectivity index (χ3n) is 2.67. The Labute approximate surface area is 111 Å². The molecular weight excluding hydrogens is 246 g/mol. The Morgan fingerprint density at radius 2 is 1.95 bits per heavy atom. The van der Waals surface area contributed by atoms with Gasteiger partial charge in [-0.1, -0.05) is 12.8 Å². The summed E-state index contributed by atoms with van der Waals surface area (Å²) in [7, 11) is 0. The predicted molar refractivity (Wildman–Crippen MR) is 69.6 cm³/mol. The Balaban J connectivity index is 2.82. The number of aliphatic hydroxyl groups excluding tert-OH is 1. The fourth-order valence-electron chi connectivity index (χ4n) is 1.50. The predicted octanol–water partition coefficient (Wildman–Crippen LogP) is 0.622. The van der Waals surface area contributed by atoms with Crippen molar-refractivity contribution >= 4 is 11.9 Å². The van der Waals surface area contributed by atoms with Crippen LogP contribution in [0.5, 0.6) is 0 Å². The van der Waals surface area contributed by atoms with Gasteiger partial charge >= 0.3 is 5.97 Å². The average molecular weight is 261 g/mol. The molecule has 0 aromatic heterocycles. The van der Waals surface area contributed by atoms with Crippen molar-refractivity contribution in [1.29, 1.82) is 0 Å². The number of amides is 1. The quantitative estimate of drug-likeness (QED) is 0.678. The summed E-state index contributed by atoms with van der Waals surface area (Å²) in [4.78, 5) is 22.8. The van der Waals surface area contributed by atoms with Crippen molar-refractivity contribution in [3.8, 4) is 12.3 Å². The van der Waals surface area contributed by atoms with E-state index in [2.05, 4.69) is 11.2 Å². The van der Waals surface area contributed by atoms with Gasteiger partial charge in [0.25, 0.3) is 5.91 Å². The van der Waals surface area contributed by atoms with Crippen LogP contribution in [-0.2, 0) is 4.79 Å². The summed E-state index contributed by atoms with van der Waals surface area (Å²) in [6, 6.07) is 4.84. The van der Waals surface area contributed by atoms with Crippen molar-refractivity contribution in [2.45, 2.75) is 25.5 Å². The fourth-order valence-corrected chi connectivity index (χ4v) is 1.50. The summed E-state index contributed by atoms with van der Waals surface area (Å²) in [5, 5.41) is 20.8. The highest BCUT2D eigenvalue weighted by molar-refractivity contribution is 5.96. The standard InChI is InChI=1S/C14H15NO4/c1-3-9-5-7-10(8-6-9)13(17)15-12(14(18)19)11(16)4-2/h1,5-8,11-12,16H,4H2,2H3,(H,15,17)(H,18,19)/t11-,12+/m1/s1. The molecular formula is C14H15NO4. The summed E-state index contributed by atoms with van der Waals surface area (Å²) in [6.07, 6.45) is 4.29. The number of terminal acetylenes is 1. The number of aliphatic hydroxyl groups is 1. The smallest absolute Gasteiger partial charge is 0.328 e. The molecule has 0 aliphatic rings. The lowest BCUT2D eigenvalue weighted by Gasteiger charge is -2.19. The number of nitrogens with one attached hydrogen (secondary N) is 1. The van der Waals surface area contributed by atoms with Crippen LogP contribution in [0.25, 0.3) is 0 Å². The largest absolute Gasteiger partial charge is 0.480 e. The van der Waals surface area contributed by atoms with E-state index in [-0.39, 0.29) is 12.0 Å². The topological polar surface area (TPSA) is 86.6 Å². The number of hydrogen-bond acceptors (Lipinski definition) is 3. The van der Waals surface area contributed by atoms with E-state index in [1.165, 1.54) is 12.1 Å². The summed E-state index contributed by atoms with van der Waals surface area (Å²) in [5.74, 6) is 0.572. The summed E-state index contributed by atoms with van der Waals surface area (Å²) < 4.78 is 0. The molecule has 0 unspecified atom stereocenters. The molecule has 0 heterocycles. The average Bonchev–Trinajstić information content (AvgIpc) is 2.43. The van der Waals surface area contributed by atoms with Gasteiger partial charge in [-0.05, 0) is 30.7 Å². The SMILES string of the molecule is C#Cc1ccc(C(=O)N[C@H](C(=O)O)[C@H](O)CC)cc1. The molecule has 0 bridgehead atoms. The molecule has 0 saturated carbocycles. The van der Waals surface area contributed by atoms with Crippen LogP contribution in [0.15, 0.2) is 24.3 Å². The zero-order chi connectivity index (χ0) is 14.4. The summed E-state index contributed by atoms with van der Waals surface area (Å²) in [6.45, 7) is 1.63. The Hall–Kier alpha value is -2.32. The maximum absolute atomic E-state index is 11.8. The van der Waals surface area contributed by atoms with E-state index in [1.807, 2.05) is 0 Å². The van der Waals surface area contributed by atoms with Crippen molar-refractivity contribution < 1.29 is 19.8 Å². The number of carboxylic acids is 1. The first-order valence-corrected chi connectivity index (χ1v) is 5.78. The van der Waals surface area contributed by atoms with E-state index < -0.39 is 24.0 Å². The summed E-state index contributed by atoms with van der Waals surface area (Å²) >= 11 is 0. The lowest BCUT2D eigenvalue weighted by Crippen LogP contribution is -2.48. The third kappa shape index (κ3) is 3.83. The van der Waals surface area contributed by atoms with Crippen LogP contribution < -0.4 is 5.32 Å². The molecule has 0 aliphatic heterocycles. The molecule has 1 aromatic carbocycles. The van der Waals surface area contributed by atoms with Crippen LogP contribution >= 0.6 is 0 Å². The highest BCUT2D eigenvalue weighted by Crippen LogP contribution is 2.05. The van der Waals surface area contributed by atoms with E-state index in [4.69, 9.17) is 11.5 Å². The minimum absolute atomic E-state index is 0.229. The number of hydrogen-bond donors (Lipinski definition) is 3. The molecule has 0 saturated heterocycles. The van der Waals surface area contributed by atoms with Gasteiger partial charge in [-0.3, -0.25) is 4.79 Å². The second-order valence-electron chi connectivity index (χ2n) is 3.99. The van der Waals surface area contributed by atoms with Gasteiger partial charge in [-0.15, -0.1) is 6.42 Å². The first-order valence-electron chi connectivity index (χ1n) is 5.78. The number of carbonyl (C=O) groups excluding carboxylic acids is 1. The normalized spacial score (nSPS) is 13.1. The molecule has 5 heteroatoms. The number of benzene rings is 1. The van der Waals surface area contributed by atoms with Gasteiger partial charge in [0, 0.05) is 11.1 Å². The van der Waals surface area contributed by atoms with Gasteiger partial charge in [0.1, 0.15) is 0 Å². The van der Waals surface area contributed by atoms with Crippen LogP contribution in [0, 0.1) is 12.3 Å². The maximum Gasteiger partial charge on any atom is 0.328 e. The van der Waals surface area contributed by atoms with Crippen molar-refractivity contribution in [1.82, 2.24) is 5.32 Å². The van der Waals surface area contributed by atoms with Gasteiger partial charge in [0.15, 0.2) is 6.04 Å². The van der Waals surface area contributed by atoms with Crippen LogP contribution in [0.4, 0.5) is 0 Å². The molecule has 0 fully saturated rings. The van der Waals surface area contributed by atoms with Gasteiger partial charge in [0.05, 0.1) is 6.10 Å². The Bertz CT molecular complexity index is 501. The molecule has 5 nitrogen and oxygen atoms in total. The van der Waals surface area contributed by atoms with E-state index >= 15 is 0 Å². The lowest BCUT2D eigenvalue weighted by atomic mass is 10.1. The van der Waals surface area contributed by atoms with Gasteiger partial charge in [0.2, 0.25) is 0 Å². The Morgan fingerprint density at radius 1 is 1.37 bits per heavy atom. The van der Waals surface area contributed by atoms with Crippen molar-refractivity contribution in [2.75, 3.05) is 0 Å². The highest BCUT2D eigenvalue weighted by Gasteiger charge is 2.27. The monoisotopic (exact) mass is 261 g/mol. The molecule has 0 radical (unpaired) electrons. The first kappa shape index (κ1) is 14.7. The van der Waals surface area contributed by atoms with Crippen LogP contribution in [0.3, 0.4) is 0 Å². The number of aliphatic carboxylic acids is 1. The zero-order valence-electron chi connectivity index (χ0n) is 10.5. The maximum atomic E-state index is 11.8. The molecule has 100 valence electrons. The molecule has 0 aliphatic carbocycles. The van der Waals surface area contributed by atoms with Crippen molar-refractivity contribution in [2.24, 2.45) is 0 Å². The van der Waals surface area contributed by atoms with E-state index in [0.717, 1.165) is 0 Å². The summed E-state index contributed by atoms with van der Waals surface area (Å²) in [5.41, 5.74) is 0.911. The van der Waals surface area contributed by atoms with Gasteiger partial charge in [-0.2, -0.15) is 0 Å². The van der Waals surface area contributed by atoms with Gasteiger partial charge < -0.3 is 15.5 Å². The second kappa shape index (κ2) is 6.57. The van der Waals surface area contributed by atoms with Crippen molar-refractivity contribution in [3.05, 3.63) is 35.4 Å². The Kier molecular flexibility index (Phi) is 5.10. The minimum Gasteiger partial charge on any atom is -0.480 e. The van der Waals surface area contributed by atoms with E-state index in [1.54, 1.807) is 19.1 Å². The molecule has 2 atom stereocenters. The second-order valence-corrected chi connectivity index (χ2v) is 3.99. The van der Waals surface area contributed by atoms with E-state index in [0.29, 0.717) is 5.56 Å². The third-order valence-corrected chi connectivity index (χ3v) is 2.67. The van der Waals surface area contributed by atoms with Crippen LogP contribution in [0.2, 0.25) is 0 Å². The zero-order valence-corrected chi connectivity index (χ0v) is 10.5. The first-order chi connectivity index (χ1) is 8.99. The van der Waals surface area contributed by atoms with E-state index in [9.17, 15) is 14.7 Å². The molecule has 1 aromatic rings.